The molecule has 0 fully saturated rings. The molecule has 1 aromatic heterocycles. The van der Waals surface area contributed by atoms with Gasteiger partial charge in [0.15, 0.2) is 0 Å². The first-order valence-corrected chi connectivity index (χ1v) is 5.82. The van der Waals surface area contributed by atoms with Crippen LogP contribution < -0.4 is 16.0 Å². The molecule has 0 amide bonds. The fourth-order valence-electron chi connectivity index (χ4n) is 1.32. The van der Waals surface area contributed by atoms with Gasteiger partial charge in [-0.25, -0.2) is 10.8 Å². The maximum atomic E-state index is 13.5. The van der Waals surface area contributed by atoms with Crippen molar-refractivity contribution < 1.29 is 9.13 Å². The molecule has 0 aliphatic heterocycles. The lowest BCUT2D eigenvalue weighted by Crippen LogP contribution is -2.11. The van der Waals surface area contributed by atoms with E-state index in [1.54, 1.807) is 12.1 Å². The predicted octanol–water partition coefficient (Wildman–Crippen LogP) is 2.76. The van der Waals surface area contributed by atoms with Gasteiger partial charge in [0, 0.05) is 4.47 Å². The zero-order chi connectivity index (χ0) is 13.1. The number of nitrogens with zero attached hydrogens (tertiary/aromatic N) is 2. The molecule has 0 saturated carbocycles. The zero-order valence-corrected chi connectivity index (χ0v) is 11.0. The Morgan fingerprint density at radius 2 is 2.22 bits per heavy atom. The fourth-order valence-corrected chi connectivity index (χ4v) is 1.80. The van der Waals surface area contributed by atoms with Crippen LogP contribution in [0.25, 0.3) is 0 Å². The molecule has 0 aliphatic rings. The van der Waals surface area contributed by atoms with Gasteiger partial charge in [-0.1, -0.05) is 15.9 Å². The minimum atomic E-state index is -0.656. The van der Waals surface area contributed by atoms with Crippen molar-refractivity contribution in [2.24, 2.45) is 5.84 Å². The third kappa shape index (κ3) is 2.74. The number of hydrazine groups is 1. The number of hydrogen-bond donors (Lipinski definition) is 2. The van der Waals surface area contributed by atoms with Crippen LogP contribution in [0.3, 0.4) is 0 Å². The van der Waals surface area contributed by atoms with Gasteiger partial charge in [-0.2, -0.15) is 9.37 Å². The van der Waals surface area contributed by atoms with Crippen LogP contribution in [0.5, 0.6) is 11.6 Å². The number of anilines is 1. The van der Waals surface area contributed by atoms with Gasteiger partial charge in [0.1, 0.15) is 5.75 Å². The quantitative estimate of drug-likeness (QED) is 0.673. The van der Waals surface area contributed by atoms with Gasteiger partial charge in [-0.05, 0) is 30.7 Å². The minimum Gasteiger partial charge on any atom is -0.436 e. The van der Waals surface area contributed by atoms with Gasteiger partial charge in [0.2, 0.25) is 11.8 Å². The number of benzene rings is 1. The number of ether oxygens (including phenoxy) is 1. The smallest absolute Gasteiger partial charge is 0.260 e. The number of nitrogens with two attached hydrogens (primary N) is 1. The summed E-state index contributed by atoms with van der Waals surface area (Å²) >= 11 is 3.34. The highest BCUT2D eigenvalue weighted by Gasteiger charge is 2.10. The lowest BCUT2D eigenvalue weighted by Gasteiger charge is -2.09. The molecule has 2 rings (SSSR count). The van der Waals surface area contributed by atoms with E-state index < -0.39 is 5.82 Å². The first-order chi connectivity index (χ1) is 8.60. The molecule has 18 heavy (non-hydrogen) atoms. The van der Waals surface area contributed by atoms with Crippen molar-refractivity contribution in [2.75, 3.05) is 5.43 Å². The van der Waals surface area contributed by atoms with Crippen molar-refractivity contribution in [3.63, 3.8) is 0 Å². The first-order valence-electron chi connectivity index (χ1n) is 5.03. The Morgan fingerprint density at radius 3 is 2.89 bits per heavy atom. The Kier molecular flexibility index (Phi) is 3.73. The van der Waals surface area contributed by atoms with Crippen molar-refractivity contribution in [2.45, 2.75) is 6.92 Å². The van der Waals surface area contributed by atoms with Crippen LogP contribution in [-0.2, 0) is 0 Å². The maximum Gasteiger partial charge on any atom is 0.260 e. The van der Waals surface area contributed by atoms with E-state index in [0.717, 1.165) is 16.2 Å². The summed E-state index contributed by atoms with van der Waals surface area (Å²) in [5.74, 6) is 4.92. The highest BCUT2D eigenvalue weighted by molar-refractivity contribution is 9.10. The van der Waals surface area contributed by atoms with Crippen LogP contribution in [0.2, 0.25) is 0 Å². The summed E-state index contributed by atoms with van der Waals surface area (Å²) in [4.78, 5) is 7.42. The van der Waals surface area contributed by atoms with E-state index in [1.165, 1.54) is 0 Å². The number of hydrogen-bond acceptors (Lipinski definition) is 5. The lowest BCUT2D eigenvalue weighted by atomic mass is 10.2. The highest BCUT2D eigenvalue weighted by Crippen LogP contribution is 2.27. The molecule has 2 aromatic rings. The maximum absolute atomic E-state index is 13.5. The number of nitrogen functional groups attached to an aromatic ring is 1. The monoisotopic (exact) mass is 312 g/mol. The summed E-state index contributed by atoms with van der Waals surface area (Å²) < 4.78 is 19.8. The van der Waals surface area contributed by atoms with Gasteiger partial charge in [-0.3, -0.25) is 5.43 Å². The molecule has 7 heteroatoms. The van der Waals surface area contributed by atoms with Gasteiger partial charge in [-0.15, -0.1) is 0 Å². The predicted molar refractivity (Wildman–Crippen MR) is 68.8 cm³/mol. The molecule has 0 unspecified atom stereocenters. The van der Waals surface area contributed by atoms with Gasteiger partial charge >= 0.3 is 0 Å². The molecule has 1 heterocycles. The molecule has 0 spiro atoms. The highest BCUT2D eigenvalue weighted by atomic mass is 79.9. The van der Waals surface area contributed by atoms with Crippen molar-refractivity contribution in [1.82, 2.24) is 9.97 Å². The van der Waals surface area contributed by atoms with Crippen LogP contribution in [0.4, 0.5) is 10.3 Å². The van der Waals surface area contributed by atoms with Gasteiger partial charge in [0.25, 0.3) is 5.88 Å². The van der Waals surface area contributed by atoms with Crippen LogP contribution in [0.15, 0.2) is 28.9 Å². The van der Waals surface area contributed by atoms with E-state index >= 15 is 0 Å². The summed E-state index contributed by atoms with van der Waals surface area (Å²) in [6.45, 7) is 1.85. The SMILES string of the molecule is Cc1cc(Br)ccc1Oc1nc(NN)ncc1F. The van der Waals surface area contributed by atoms with Crippen LogP contribution >= 0.6 is 15.9 Å². The molecule has 0 saturated heterocycles. The molecule has 5 nitrogen and oxygen atoms in total. The molecular formula is C11H10BrFN4O. The van der Waals surface area contributed by atoms with E-state index in [-0.39, 0.29) is 11.8 Å². The molecule has 0 aliphatic carbocycles. The zero-order valence-electron chi connectivity index (χ0n) is 9.45. The molecular weight excluding hydrogens is 303 g/mol. The summed E-state index contributed by atoms with van der Waals surface area (Å²) in [5.41, 5.74) is 3.08. The van der Waals surface area contributed by atoms with Crippen LogP contribution in [0.1, 0.15) is 5.56 Å². The Hall–Kier alpha value is -1.73. The largest absolute Gasteiger partial charge is 0.436 e. The number of aromatic nitrogens is 2. The minimum absolute atomic E-state index is 0.0844. The van der Waals surface area contributed by atoms with Gasteiger partial charge < -0.3 is 4.74 Å². The van der Waals surface area contributed by atoms with E-state index in [0.29, 0.717) is 5.75 Å². The Morgan fingerprint density at radius 1 is 1.44 bits per heavy atom. The van der Waals surface area contributed by atoms with Crippen molar-refractivity contribution >= 4 is 21.9 Å². The summed E-state index contributed by atoms with van der Waals surface area (Å²) in [6, 6.07) is 5.37. The molecule has 0 atom stereocenters. The number of rotatable bonds is 3. The van der Waals surface area contributed by atoms with Crippen molar-refractivity contribution in [3.8, 4) is 11.6 Å². The van der Waals surface area contributed by atoms with Crippen molar-refractivity contribution in [1.29, 1.82) is 0 Å². The van der Waals surface area contributed by atoms with Crippen LogP contribution in [-0.4, -0.2) is 9.97 Å². The van der Waals surface area contributed by atoms with E-state index in [9.17, 15) is 4.39 Å². The lowest BCUT2D eigenvalue weighted by molar-refractivity contribution is 0.418. The summed E-state index contributed by atoms with van der Waals surface area (Å²) in [5, 5.41) is 0. The number of aryl methyl sites for hydroxylation is 1. The third-order valence-electron chi connectivity index (χ3n) is 2.18. The molecule has 0 bridgehead atoms. The van der Waals surface area contributed by atoms with E-state index in [4.69, 9.17) is 10.6 Å². The average molecular weight is 313 g/mol. The Labute approximate surface area is 111 Å². The second-order valence-corrected chi connectivity index (χ2v) is 4.42. The second kappa shape index (κ2) is 5.28. The second-order valence-electron chi connectivity index (χ2n) is 3.50. The van der Waals surface area contributed by atoms with Crippen LogP contribution in [0, 0.1) is 12.7 Å². The Bertz CT molecular complexity index is 579. The summed E-state index contributed by atoms with van der Waals surface area (Å²) in [7, 11) is 0. The first kappa shape index (κ1) is 12.7. The third-order valence-corrected chi connectivity index (χ3v) is 2.68. The standard InChI is InChI=1S/C11H10BrFN4O/c1-6-4-7(12)2-3-9(6)18-10-8(13)5-15-11(16-10)17-14/h2-5H,14H2,1H3,(H,15,16,17). The molecule has 1 aromatic carbocycles. The summed E-state index contributed by atoms with van der Waals surface area (Å²) in [6.07, 6.45) is 0.992. The van der Waals surface area contributed by atoms with E-state index in [2.05, 4.69) is 31.3 Å². The number of halogens is 2. The normalized spacial score (nSPS) is 10.2. The topological polar surface area (TPSA) is 73.1 Å². The average Bonchev–Trinajstić information content (AvgIpc) is 2.35. The van der Waals surface area contributed by atoms with Gasteiger partial charge in [0.05, 0.1) is 6.20 Å². The molecule has 94 valence electrons. The number of nitrogens with one attached hydrogen (secondary N) is 1. The fraction of sp³-hybridized carbons (Fsp3) is 0.0909. The Balaban J connectivity index is 2.33. The van der Waals surface area contributed by atoms with E-state index in [1.807, 2.05) is 13.0 Å². The van der Waals surface area contributed by atoms with Crippen molar-refractivity contribution in [3.05, 3.63) is 40.2 Å². The molecule has 3 N–H and O–H groups in total. The molecule has 0 radical (unpaired) electrons.